The van der Waals surface area contributed by atoms with E-state index in [1.165, 1.54) is 30.4 Å². The van der Waals surface area contributed by atoms with Gasteiger partial charge in [0, 0.05) is 22.7 Å². The highest BCUT2D eigenvalue weighted by Crippen LogP contribution is 2.39. The number of H-pyrrole nitrogens is 1. The summed E-state index contributed by atoms with van der Waals surface area (Å²) < 4.78 is 5.15. The molecule has 0 unspecified atom stereocenters. The number of ether oxygens (including phenoxy) is 1. The van der Waals surface area contributed by atoms with E-state index >= 15 is 0 Å². The lowest BCUT2D eigenvalue weighted by Crippen LogP contribution is -2.23. The highest BCUT2D eigenvalue weighted by molar-refractivity contribution is 5.62. The number of methoxy groups -OCH3 is 1. The number of fused-ring (bicyclic) bond motifs is 1. The zero-order chi connectivity index (χ0) is 13.5. The molecule has 0 aromatic carbocycles. The first-order valence-electron chi connectivity index (χ1n) is 6.56. The lowest BCUT2D eigenvalue weighted by atomic mass is 9.76. The molecule has 2 aromatic heterocycles. The summed E-state index contributed by atoms with van der Waals surface area (Å²) in [6.07, 6.45) is 4.95. The van der Waals surface area contributed by atoms with Gasteiger partial charge < -0.3 is 4.74 Å². The Hall–Kier alpha value is -1.91. The Kier molecular flexibility index (Phi) is 2.77. The van der Waals surface area contributed by atoms with Crippen LogP contribution in [0.4, 0.5) is 0 Å². The number of aromatic amines is 1. The molecule has 0 saturated carbocycles. The summed E-state index contributed by atoms with van der Waals surface area (Å²) in [6, 6.07) is 1.83. The van der Waals surface area contributed by atoms with Crippen molar-refractivity contribution in [1.29, 1.82) is 0 Å². The molecule has 2 aromatic rings. The topological polar surface area (TPSA) is 63.7 Å². The average molecular weight is 258 g/mol. The van der Waals surface area contributed by atoms with Gasteiger partial charge in [-0.25, -0.2) is 9.97 Å². The van der Waals surface area contributed by atoms with E-state index in [-0.39, 0.29) is 5.41 Å². The van der Waals surface area contributed by atoms with Crippen molar-refractivity contribution in [3.8, 4) is 17.3 Å². The molecular weight excluding hydrogens is 240 g/mol. The first kappa shape index (κ1) is 12.1. The van der Waals surface area contributed by atoms with Gasteiger partial charge in [-0.05, 0) is 19.3 Å². The molecule has 0 radical (unpaired) electrons. The quantitative estimate of drug-likeness (QED) is 0.898. The van der Waals surface area contributed by atoms with Crippen molar-refractivity contribution in [2.45, 2.75) is 38.5 Å². The van der Waals surface area contributed by atoms with Crippen molar-refractivity contribution >= 4 is 0 Å². The van der Waals surface area contributed by atoms with Gasteiger partial charge in [-0.3, -0.25) is 5.10 Å². The van der Waals surface area contributed by atoms with Gasteiger partial charge in [0.1, 0.15) is 12.0 Å². The molecule has 19 heavy (non-hydrogen) atoms. The van der Waals surface area contributed by atoms with Gasteiger partial charge in [0.25, 0.3) is 0 Å². The number of hydrogen-bond acceptors (Lipinski definition) is 4. The van der Waals surface area contributed by atoms with Crippen molar-refractivity contribution < 1.29 is 4.74 Å². The number of aromatic nitrogens is 4. The average Bonchev–Trinajstić information content (AvgIpc) is 2.84. The van der Waals surface area contributed by atoms with Gasteiger partial charge in [-0.15, -0.1) is 0 Å². The molecule has 5 nitrogen and oxygen atoms in total. The third-order valence-electron chi connectivity index (χ3n) is 3.87. The fourth-order valence-corrected chi connectivity index (χ4v) is 2.79. The zero-order valence-corrected chi connectivity index (χ0v) is 11.5. The van der Waals surface area contributed by atoms with Crippen LogP contribution in [-0.2, 0) is 11.8 Å². The first-order chi connectivity index (χ1) is 9.12. The van der Waals surface area contributed by atoms with Crippen molar-refractivity contribution in [3.63, 3.8) is 0 Å². The van der Waals surface area contributed by atoms with E-state index in [1.54, 1.807) is 7.11 Å². The number of nitrogens with one attached hydrogen (secondary N) is 1. The third kappa shape index (κ3) is 1.99. The van der Waals surface area contributed by atoms with Gasteiger partial charge in [-0.1, -0.05) is 13.8 Å². The summed E-state index contributed by atoms with van der Waals surface area (Å²) in [5.41, 5.74) is 4.45. The first-order valence-corrected chi connectivity index (χ1v) is 6.56. The molecule has 100 valence electrons. The predicted octanol–water partition coefficient (Wildman–Crippen LogP) is 2.49. The Morgan fingerprint density at radius 1 is 1.32 bits per heavy atom. The van der Waals surface area contributed by atoms with Crippen LogP contribution in [0.25, 0.3) is 11.4 Å². The van der Waals surface area contributed by atoms with Crippen LogP contribution in [-0.4, -0.2) is 27.3 Å². The summed E-state index contributed by atoms with van der Waals surface area (Å²) in [6.45, 7) is 4.51. The van der Waals surface area contributed by atoms with Gasteiger partial charge in [0.05, 0.1) is 12.8 Å². The number of nitrogens with zero attached hydrogens (tertiary/aromatic N) is 3. The summed E-state index contributed by atoms with van der Waals surface area (Å²) in [4.78, 5) is 8.35. The maximum atomic E-state index is 5.15. The minimum atomic E-state index is 0.163. The summed E-state index contributed by atoms with van der Waals surface area (Å²) >= 11 is 0. The van der Waals surface area contributed by atoms with Crippen molar-refractivity contribution in [2.24, 2.45) is 0 Å². The molecule has 1 aliphatic carbocycles. The molecule has 0 fully saturated rings. The minimum Gasteiger partial charge on any atom is -0.481 e. The molecule has 2 heterocycles. The largest absolute Gasteiger partial charge is 0.481 e. The molecule has 0 saturated heterocycles. The van der Waals surface area contributed by atoms with Gasteiger partial charge in [-0.2, -0.15) is 5.10 Å². The molecule has 5 heteroatoms. The van der Waals surface area contributed by atoms with Gasteiger partial charge in [0.15, 0.2) is 0 Å². The minimum absolute atomic E-state index is 0.163. The molecule has 0 atom stereocenters. The van der Waals surface area contributed by atoms with Crippen LogP contribution in [0.3, 0.4) is 0 Å². The van der Waals surface area contributed by atoms with E-state index in [0.29, 0.717) is 5.88 Å². The molecule has 0 spiro atoms. The summed E-state index contributed by atoms with van der Waals surface area (Å²) in [7, 11) is 1.61. The maximum absolute atomic E-state index is 5.15. The third-order valence-corrected chi connectivity index (χ3v) is 3.87. The maximum Gasteiger partial charge on any atom is 0.216 e. The van der Waals surface area contributed by atoms with Gasteiger partial charge in [0.2, 0.25) is 5.88 Å². The Labute approximate surface area is 112 Å². The van der Waals surface area contributed by atoms with E-state index in [2.05, 4.69) is 34.0 Å². The van der Waals surface area contributed by atoms with E-state index in [1.807, 2.05) is 6.07 Å². The second-order valence-corrected chi connectivity index (χ2v) is 5.61. The SMILES string of the molecule is COc1cc(-c2n[nH]c3c2CCCC3(C)C)ncn1. The van der Waals surface area contributed by atoms with Crippen LogP contribution < -0.4 is 4.74 Å². The fraction of sp³-hybridized carbons (Fsp3) is 0.500. The zero-order valence-electron chi connectivity index (χ0n) is 11.5. The number of rotatable bonds is 2. The summed E-state index contributed by atoms with van der Waals surface area (Å²) in [5, 5.41) is 7.67. The van der Waals surface area contributed by atoms with Crippen LogP contribution in [0.15, 0.2) is 12.4 Å². The second-order valence-electron chi connectivity index (χ2n) is 5.61. The van der Waals surface area contributed by atoms with Crippen molar-refractivity contribution in [2.75, 3.05) is 7.11 Å². The molecule has 0 amide bonds. The Bertz CT molecular complexity index is 603. The highest BCUT2D eigenvalue weighted by Gasteiger charge is 2.32. The van der Waals surface area contributed by atoms with Crippen LogP contribution >= 0.6 is 0 Å². The molecule has 0 aliphatic heterocycles. The second kappa shape index (κ2) is 4.33. The van der Waals surface area contributed by atoms with Crippen molar-refractivity contribution in [1.82, 2.24) is 20.2 Å². The van der Waals surface area contributed by atoms with Gasteiger partial charge >= 0.3 is 0 Å². The molecule has 3 rings (SSSR count). The van der Waals surface area contributed by atoms with E-state index in [0.717, 1.165) is 17.8 Å². The van der Waals surface area contributed by atoms with Crippen LogP contribution in [0, 0.1) is 0 Å². The summed E-state index contributed by atoms with van der Waals surface area (Å²) in [5.74, 6) is 0.566. The fourth-order valence-electron chi connectivity index (χ4n) is 2.79. The van der Waals surface area contributed by atoms with E-state index < -0.39 is 0 Å². The number of hydrogen-bond donors (Lipinski definition) is 1. The normalized spacial score (nSPS) is 17.0. The van der Waals surface area contributed by atoms with Crippen LogP contribution in [0.5, 0.6) is 5.88 Å². The highest BCUT2D eigenvalue weighted by atomic mass is 16.5. The van der Waals surface area contributed by atoms with Crippen LogP contribution in [0.2, 0.25) is 0 Å². The standard InChI is InChI=1S/C14H18N4O/c1-14(2)6-4-5-9-12(17-18-13(9)14)10-7-11(19-3)16-8-15-10/h7-8H,4-6H2,1-3H3,(H,17,18). The molecule has 1 N–H and O–H groups in total. The Morgan fingerprint density at radius 2 is 2.16 bits per heavy atom. The van der Waals surface area contributed by atoms with E-state index in [4.69, 9.17) is 4.74 Å². The Balaban J connectivity index is 2.09. The van der Waals surface area contributed by atoms with E-state index in [9.17, 15) is 0 Å². The molecule has 1 aliphatic rings. The van der Waals surface area contributed by atoms with Crippen molar-refractivity contribution in [3.05, 3.63) is 23.7 Å². The smallest absolute Gasteiger partial charge is 0.216 e. The Morgan fingerprint density at radius 3 is 2.95 bits per heavy atom. The molecular formula is C14H18N4O. The van der Waals surface area contributed by atoms with Crippen LogP contribution in [0.1, 0.15) is 37.9 Å². The molecule has 0 bridgehead atoms. The lowest BCUT2D eigenvalue weighted by molar-refractivity contribution is 0.397. The lowest BCUT2D eigenvalue weighted by Gasteiger charge is -2.29. The monoisotopic (exact) mass is 258 g/mol. The predicted molar refractivity (Wildman–Crippen MR) is 72.1 cm³/mol.